The highest BCUT2D eigenvalue weighted by Crippen LogP contribution is 2.15. The molecule has 1 aromatic heterocycles. The molecule has 0 radical (unpaired) electrons. The first-order valence-electron chi connectivity index (χ1n) is 5.19. The van der Waals surface area contributed by atoms with Crippen molar-refractivity contribution in [2.75, 3.05) is 0 Å². The number of aromatic nitrogens is 2. The van der Waals surface area contributed by atoms with E-state index in [1.807, 2.05) is 13.0 Å². The summed E-state index contributed by atoms with van der Waals surface area (Å²) in [5, 5.41) is 3.33. The summed E-state index contributed by atoms with van der Waals surface area (Å²) in [4.78, 5) is 18.8. The molecule has 17 heavy (non-hydrogen) atoms. The first kappa shape index (κ1) is 11.7. The number of hydrogen-bond donors (Lipinski definition) is 2. The van der Waals surface area contributed by atoms with Gasteiger partial charge >= 0.3 is 0 Å². The summed E-state index contributed by atoms with van der Waals surface area (Å²) in [7, 11) is 0. The highest BCUT2D eigenvalue weighted by atomic mass is 35.5. The van der Waals surface area contributed by atoms with Gasteiger partial charge in [0.1, 0.15) is 5.82 Å². The number of nitrogens with zero attached hydrogens (tertiary/aromatic N) is 1. The molecule has 1 aromatic carbocycles. The number of amides is 1. The predicted molar refractivity (Wildman–Crippen MR) is 65.9 cm³/mol. The maximum absolute atomic E-state index is 11.9. The lowest BCUT2D eigenvalue weighted by molar-refractivity contribution is 0.0949. The molecule has 88 valence electrons. The summed E-state index contributed by atoms with van der Waals surface area (Å²) in [5.74, 6) is 0.569. The van der Waals surface area contributed by atoms with E-state index in [0.29, 0.717) is 17.1 Å². The first-order chi connectivity index (χ1) is 8.16. The average molecular weight is 250 g/mol. The van der Waals surface area contributed by atoms with Gasteiger partial charge in [-0.05, 0) is 24.6 Å². The number of aryl methyl sites for hydroxylation is 1. The van der Waals surface area contributed by atoms with Gasteiger partial charge in [0.15, 0.2) is 0 Å². The molecule has 0 bridgehead atoms. The molecule has 0 aliphatic heterocycles. The van der Waals surface area contributed by atoms with Gasteiger partial charge in [-0.1, -0.05) is 17.7 Å². The molecular weight excluding hydrogens is 238 g/mol. The lowest BCUT2D eigenvalue weighted by Gasteiger charge is -2.06. The third-order valence-electron chi connectivity index (χ3n) is 2.42. The number of carbonyl (C=O) groups excluding carboxylic acids is 1. The molecule has 0 unspecified atom stereocenters. The van der Waals surface area contributed by atoms with E-state index in [1.165, 1.54) is 0 Å². The molecule has 5 heteroatoms. The highest BCUT2D eigenvalue weighted by Gasteiger charge is 2.09. The quantitative estimate of drug-likeness (QED) is 0.877. The van der Waals surface area contributed by atoms with E-state index < -0.39 is 0 Å². The molecule has 0 aliphatic carbocycles. The van der Waals surface area contributed by atoms with E-state index >= 15 is 0 Å². The molecule has 0 aliphatic rings. The molecule has 0 spiro atoms. The van der Waals surface area contributed by atoms with E-state index in [-0.39, 0.29) is 5.91 Å². The van der Waals surface area contributed by atoms with Crippen LogP contribution in [0.15, 0.2) is 30.6 Å². The normalized spacial score (nSPS) is 10.2. The van der Waals surface area contributed by atoms with Crippen LogP contribution in [-0.2, 0) is 6.54 Å². The Morgan fingerprint density at radius 3 is 3.06 bits per heavy atom. The fraction of sp³-hybridized carbons (Fsp3) is 0.167. The fourth-order valence-corrected chi connectivity index (χ4v) is 1.66. The molecule has 2 aromatic rings. The van der Waals surface area contributed by atoms with E-state index in [0.717, 1.165) is 11.4 Å². The Morgan fingerprint density at radius 2 is 2.35 bits per heavy atom. The SMILES string of the molecule is Cc1ccc(Cl)cc1C(=O)NCc1ncc[nH]1. The number of aromatic amines is 1. The number of imidazole rings is 1. The van der Waals surface area contributed by atoms with Crippen molar-refractivity contribution in [1.29, 1.82) is 0 Å². The van der Waals surface area contributed by atoms with E-state index in [9.17, 15) is 4.79 Å². The molecule has 4 nitrogen and oxygen atoms in total. The number of benzene rings is 1. The topological polar surface area (TPSA) is 57.8 Å². The molecule has 0 atom stereocenters. The lowest BCUT2D eigenvalue weighted by atomic mass is 10.1. The number of hydrogen-bond acceptors (Lipinski definition) is 2. The minimum atomic E-state index is -0.151. The van der Waals surface area contributed by atoms with Crippen LogP contribution in [0.25, 0.3) is 0 Å². The van der Waals surface area contributed by atoms with Crippen molar-refractivity contribution in [1.82, 2.24) is 15.3 Å². The molecular formula is C12H12ClN3O. The number of halogens is 1. The zero-order valence-electron chi connectivity index (χ0n) is 9.33. The maximum Gasteiger partial charge on any atom is 0.251 e. The number of carbonyl (C=O) groups is 1. The zero-order chi connectivity index (χ0) is 12.3. The van der Waals surface area contributed by atoms with Gasteiger partial charge in [0.2, 0.25) is 0 Å². The smallest absolute Gasteiger partial charge is 0.251 e. The Balaban J connectivity index is 2.07. The van der Waals surface area contributed by atoms with Crippen LogP contribution in [-0.4, -0.2) is 15.9 Å². The van der Waals surface area contributed by atoms with Crippen LogP contribution < -0.4 is 5.32 Å². The van der Waals surface area contributed by atoms with Crippen LogP contribution in [0.3, 0.4) is 0 Å². The van der Waals surface area contributed by atoms with Gasteiger partial charge in [-0.15, -0.1) is 0 Å². The van der Waals surface area contributed by atoms with E-state index in [2.05, 4.69) is 15.3 Å². The largest absolute Gasteiger partial charge is 0.347 e. The number of nitrogens with one attached hydrogen (secondary N) is 2. The van der Waals surface area contributed by atoms with E-state index in [1.54, 1.807) is 24.5 Å². The third-order valence-corrected chi connectivity index (χ3v) is 2.65. The Hall–Kier alpha value is -1.81. The number of rotatable bonds is 3. The molecule has 1 amide bonds. The van der Waals surface area contributed by atoms with Gasteiger partial charge in [0.25, 0.3) is 5.91 Å². The average Bonchev–Trinajstić information content (AvgIpc) is 2.82. The molecule has 0 saturated heterocycles. The second-order valence-corrected chi connectivity index (χ2v) is 4.11. The van der Waals surface area contributed by atoms with Crippen molar-refractivity contribution in [2.24, 2.45) is 0 Å². The minimum absolute atomic E-state index is 0.151. The van der Waals surface area contributed by atoms with Crippen molar-refractivity contribution in [3.63, 3.8) is 0 Å². The summed E-state index contributed by atoms with van der Waals surface area (Å²) in [6.07, 6.45) is 3.36. The van der Waals surface area contributed by atoms with Crippen LogP contribution in [0.4, 0.5) is 0 Å². The van der Waals surface area contributed by atoms with Gasteiger partial charge in [0.05, 0.1) is 6.54 Å². The summed E-state index contributed by atoms with van der Waals surface area (Å²) < 4.78 is 0. The molecule has 1 heterocycles. The van der Waals surface area contributed by atoms with Gasteiger partial charge in [-0.3, -0.25) is 4.79 Å². The molecule has 0 fully saturated rings. The number of H-pyrrole nitrogens is 1. The van der Waals surface area contributed by atoms with Crippen molar-refractivity contribution in [2.45, 2.75) is 13.5 Å². The van der Waals surface area contributed by atoms with Crippen LogP contribution in [0, 0.1) is 6.92 Å². The Kier molecular flexibility index (Phi) is 3.44. The summed E-state index contributed by atoms with van der Waals surface area (Å²) in [6, 6.07) is 5.25. The first-order valence-corrected chi connectivity index (χ1v) is 5.57. The monoisotopic (exact) mass is 249 g/mol. The van der Waals surface area contributed by atoms with Crippen molar-refractivity contribution < 1.29 is 4.79 Å². The second kappa shape index (κ2) is 5.01. The standard InChI is InChI=1S/C12H12ClN3O/c1-8-2-3-9(13)6-10(8)12(17)16-7-11-14-4-5-15-11/h2-6H,7H2,1H3,(H,14,15)(H,16,17). The van der Waals surface area contributed by atoms with E-state index in [4.69, 9.17) is 11.6 Å². The molecule has 2 N–H and O–H groups in total. The maximum atomic E-state index is 11.9. The second-order valence-electron chi connectivity index (χ2n) is 3.68. The van der Waals surface area contributed by atoms with Gasteiger partial charge < -0.3 is 10.3 Å². The highest BCUT2D eigenvalue weighted by molar-refractivity contribution is 6.31. The Bertz CT molecular complexity index is 523. The van der Waals surface area contributed by atoms with Crippen LogP contribution in [0.2, 0.25) is 5.02 Å². The van der Waals surface area contributed by atoms with Crippen LogP contribution in [0.1, 0.15) is 21.7 Å². The van der Waals surface area contributed by atoms with Crippen LogP contribution >= 0.6 is 11.6 Å². The molecule has 2 rings (SSSR count). The third kappa shape index (κ3) is 2.85. The summed E-state index contributed by atoms with van der Waals surface area (Å²) in [6.45, 7) is 2.25. The summed E-state index contributed by atoms with van der Waals surface area (Å²) >= 11 is 5.86. The Labute approximate surface area is 104 Å². The lowest BCUT2D eigenvalue weighted by Crippen LogP contribution is -2.24. The Morgan fingerprint density at radius 1 is 1.53 bits per heavy atom. The van der Waals surface area contributed by atoms with Crippen molar-refractivity contribution in [3.05, 3.63) is 52.6 Å². The summed E-state index contributed by atoms with van der Waals surface area (Å²) in [5.41, 5.74) is 1.48. The fourth-order valence-electron chi connectivity index (χ4n) is 1.49. The van der Waals surface area contributed by atoms with Crippen molar-refractivity contribution in [3.8, 4) is 0 Å². The van der Waals surface area contributed by atoms with Crippen molar-refractivity contribution >= 4 is 17.5 Å². The van der Waals surface area contributed by atoms with Gasteiger partial charge in [0, 0.05) is 23.0 Å². The zero-order valence-corrected chi connectivity index (χ0v) is 10.1. The minimum Gasteiger partial charge on any atom is -0.347 e. The van der Waals surface area contributed by atoms with Gasteiger partial charge in [-0.2, -0.15) is 0 Å². The molecule has 0 saturated carbocycles. The van der Waals surface area contributed by atoms with Gasteiger partial charge in [-0.25, -0.2) is 4.98 Å². The van der Waals surface area contributed by atoms with Crippen LogP contribution in [0.5, 0.6) is 0 Å². The predicted octanol–water partition coefficient (Wildman–Crippen LogP) is 2.30.